The second kappa shape index (κ2) is 5.26. The average molecular weight is 271 g/mol. The Balaban J connectivity index is 2.37. The van der Waals surface area contributed by atoms with Crippen LogP contribution in [-0.2, 0) is 0 Å². The third-order valence-corrected chi connectivity index (χ3v) is 3.30. The van der Waals surface area contributed by atoms with Gasteiger partial charge >= 0.3 is 7.12 Å². The summed E-state index contributed by atoms with van der Waals surface area (Å²) >= 11 is 5.83. The number of benzene rings is 1. The van der Waals surface area contributed by atoms with E-state index in [1.54, 1.807) is 4.90 Å². The maximum atomic E-state index is 13.4. The van der Waals surface area contributed by atoms with Gasteiger partial charge in [-0.3, -0.25) is 4.79 Å². The minimum atomic E-state index is -1.97. The van der Waals surface area contributed by atoms with Crippen LogP contribution in [0.15, 0.2) is 12.1 Å². The summed E-state index contributed by atoms with van der Waals surface area (Å²) in [5, 5.41) is 18.0. The predicted octanol–water partition coefficient (Wildman–Crippen LogP) is 0.395. The van der Waals surface area contributed by atoms with Crippen LogP contribution in [0.5, 0.6) is 0 Å². The predicted molar refractivity (Wildman–Crippen MR) is 66.4 cm³/mol. The molecule has 0 radical (unpaired) electrons. The van der Waals surface area contributed by atoms with Gasteiger partial charge in [0.1, 0.15) is 5.82 Å². The molecule has 1 saturated heterocycles. The monoisotopic (exact) mass is 271 g/mol. The molecule has 1 fully saturated rings. The lowest BCUT2D eigenvalue weighted by molar-refractivity contribution is 0.0793. The molecule has 18 heavy (non-hydrogen) atoms. The van der Waals surface area contributed by atoms with Crippen molar-refractivity contribution in [3.8, 4) is 0 Å². The summed E-state index contributed by atoms with van der Waals surface area (Å²) in [6.45, 7) is 1.28. The summed E-state index contributed by atoms with van der Waals surface area (Å²) in [5.74, 6) is -1.15. The molecule has 96 valence electrons. The normalized spacial score (nSPS) is 15.0. The highest BCUT2D eigenvalue weighted by Crippen LogP contribution is 2.20. The number of nitrogens with zero attached hydrogens (tertiary/aromatic N) is 1. The Bertz CT molecular complexity index is 478. The SMILES string of the molecule is O=C(c1cc(B(O)O)c(F)cc1Cl)N1CCCC1. The quantitative estimate of drug-likeness (QED) is 0.765. The number of amides is 1. The molecule has 1 aliphatic rings. The lowest BCUT2D eigenvalue weighted by Crippen LogP contribution is -2.35. The van der Waals surface area contributed by atoms with Gasteiger partial charge < -0.3 is 14.9 Å². The van der Waals surface area contributed by atoms with Gasteiger partial charge in [-0.15, -0.1) is 0 Å². The first kappa shape index (κ1) is 13.3. The van der Waals surface area contributed by atoms with Crippen LogP contribution >= 0.6 is 11.6 Å². The van der Waals surface area contributed by atoms with E-state index < -0.39 is 12.9 Å². The van der Waals surface area contributed by atoms with Crippen molar-refractivity contribution in [1.29, 1.82) is 0 Å². The molecule has 0 aliphatic carbocycles. The molecule has 2 N–H and O–H groups in total. The Labute approximate surface area is 109 Å². The standard InChI is InChI=1S/C11H12BClFNO3/c13-9-6-10(14)8(12(17)18)5-7(9)11(16)15-3-1-2-4-15/h5-6,17-18H,1-4H2. The molecule has 1 aliphatic heterocycles. The summed E-state index contributed by atoms with van der Waals surface area (Å²) in [6.07, 6.45) is 1.86. The summed E-state index contributed by atoms with van der Waals surface area (Å²) in [6, 6.07) is 2.03. The Hall–Kier alpha value is -1.11. The van der Waals surface area contributed by atoms with Gasteiger partial charge in [0.05, 0.1) is 10.6 Å². The summed E-state index contributed by atoms with van der Waals surface area (Å²) in [5.41, 5.74) is -0.245. The first-order valence-electron chi connectivity index (χ1n) is 5.65. The number of hydrogen-bond donors (Lipinski definition) is 2. The van der Waals surface area contributed by atoms with E-state index in [-0.39, 0.29) is 22.0 Å². The van der Waals surface area contributed by atoms with Crippen molar-refractivity contribution in [3.63, 3.8) is 0 Å². The maximum Gasteiger partial charge on any atom is 0.491 e. The van der Waals surface area contributed by atoms with Crippen molar-refractivity contribution in [1.82, 2.24) is 4.90 Å². The Morgan fingerprint density at radius 2 is 1.94 bits per heavy atom. The second-order valence-electron chi connectivity index (χ2n) is 4.23. The van der Waals surface area contributed by atoms with E-state index in [2.05, 4.69) is 0 Å². The number of halogens is 2. The van der Waals surface area contributed by atoms with Crippen LogP contribution in [0.2, 0.25) is 5.02 Å². The molecule has 1 aromatic rings. The van der Waals surface area contributed by atoms with Crippen LogP contribution in [0, 0.1) is 5.82 Å². The highest BCUT2D eigenvalue weighted by Gasteiger charge is 2.25. The fourth-order valence-electron chi connectivity index (χ4n) is 2.02. The lowest BCUT2D eigenvalue weighted by Gasteiger charge is -2.17. The van der Waals surface area contributed by atoms with Gasteiger partial charge in [-0.25, -0.2) is 4.39 Å². The summed E-state index contributed by atoms with van der Waals surface area (Å²) in [7, 11) is -1.97. The van der Waals surface area contributed by atoms with Gasteiger partial charge in [0.15, 0.2) is 0 Å². The molecule has 0 unspecified atom stereocenters. The highest BCUT2D eigenvalue weighted by molar-refractivity contribution is 6.59. The Kier molecular flexibility index (Phi) is 3.89. The van der Waals surface area contributed by atoms with Gasteiger partial charge in [0.2, 0.25) is 0 Å². The van der Waals surface area contributed by atoms with Crippen molar-refractivity contribution in [2.24, 2.45) is 0 Å². The van der Waals surface area contributed by atoms with E-state index in [0.29, 0.717) is 13.1 Å². The van der Waals surface area contributed by atoms with Gasteiger partial charge in [-0.05, 0) is 25.0 Å². The molecule has 0 spiro atoms. The van der Waals surface area contributed by atoms with Crippen LogP contribution in [-0.4, -0.2) is 41.1 Å². The summed E-state index contributed by atoms with van der Waals surface area (Å²) < 4.78 is 13.4. The van der Waals surface area contributed by atoms with Gasteiger partial charge in [0, 0.05) is 18.6 Å². The summed E-state index contributed by atoms with van der Waals surface area (Å²) in [4.78, 5) is 13.7. The molecule has 2 rings (SSSR count). The first-order chi connectivity index (χ1) is 8.50. The van der Waals surface area contributed by atoms with E-state index in [9.17, 15) is 9.18 Å². The fourth-order valence-corrected chi connectivity index (χ4v) is 2.25. The van der Waals surface area contributed by atoms with Gasteiger partial charge in [-0.1, -0.05) is 11.6 Å². The minimum Gasteiger partial charge on any atom is -0.423 e. The van der Waals surface area contributed by atoms with Crippen LogP contribution in [0.3, 0.4) is 0 Å². The zero-order valence-electron chi connectivity index (χ0n) is 9.57. The van der Waals surface area contributed by atoms with Gasteiger partial charge in [-0.2, -0.15) is 0 Å². The lowest BCUT2D eigenvalue weighted by atomic mass is 9.79. The third-order valence-electron chi connectivity index (χ3n) is 2.99. The minimum absolute atomic E-state index is 0.0196. The number of carbonyl (C=O) groups excluding carboxylic acids is 1. The molecule has 1 heterocycles. The molecule has 0 saturated carbocycles. The number of hydrogen-bond acceptors (Lipinski definition) is 3. The Morgan fingerprint density at radius 1 is 1.33 bits per heavy atom. The smallest absolute Gasteiger partial charge is 0.423 e. The van der Waals surface area contributed by atoms with Crippen LogP contribution in [0.1, 0.15) is 23.2 Å². The zero-order chi connectivity index (χ0) is 13.3. The van der Waals surface area contributed by atoms with Crippen molar-refractivity contribution >= 4 is 30.1 Å². The molecule has 4 nitrogen and oxygen atoms in total. The largest absolute Gasteiger partial charge is 0.491 e. The van der Waals surface area contributed by atoms with Crippen molar-refractivity contribution in [3.05, 3.63) is 28.5 Å². The molecule has 7 heteroatoms. The fraction of sp³-hybridized carbons (Fsp3) is 0.364. The van der Waals surface area contributed by atoms with E-state index in [4.69, 9.17) is 21.6 Å². The zero-order valence-corrected chi connectivity index (χ0v) is 10.3. The number of carbonyl (C=O) groups is 1. The highest BCUT2D eigenvalue weighted by atomic mass is 35.5. The second-order valence-corrected chi connectivity index (χ2v) is 4.63. The van der Waals surface area contributed by atoms with E-state index in [0.717, 1.165) is 25.0 Å². The number of likely N-dealkylation sites (tertiary alicyclic amines) is 1. The molecule has 1 amide bonds. The van der Waals surface area contributed by atoms with Gasteiger partial charge in [0.25, 0.3) is 5.91 Å². The van der Waals surface area contributed by atoms with E-state index >= 15 is 0 Å². The van der Waals surface area contributed by atoms with Crippen LogP contribution in [0.25, 0.3) is 0 Å². The molecule has 0 aromatic heterocycles. The molecule has 1 aromatic carbocycles. The van der Waals surface area contributed by atoms with Crippen LogP contribution < -0.4 is 5.46 Å². The van der Waals surface area contributed by atoms with E-state index in [1.807, 2.05) is 0 Å². The van der Waals surface area contributed by atoms with Crippen molar-refractivity contribution < 1.29 is 19.2 Å². The number of rotatable bonds is 2. The average Bonchev–Trinajstić information content (AvgIpc) is 2.81. The molecular weight excluding hydrogens is 259 g/mol. The molecule has 0 atom stereocenters. The maximum absolute atomic E-state index is 13.4. The third kappa shape index (κ3) is 2.50. The van der Waals surface area contributed by atoms with E-state index in [1.165, 1.54) is 0 Å². The van der Waals surface area contributed by atoms with Crippen LogP contribution in [0.4, 0.5) is 4.39 Å². The molecular formula is C11H12BClFNO3. The first-order valence-corrected chi connectivity index (χ1v) is 6.03. The Morgan fingerprint density at radius 3 is 2.50 bits per heavy atom. The topological polar surface area (TPSA) is 60.8 Å². The van der Waals surface area contributed by atoms with Crippen molar-refractivity contribution in [2.45, 2.75) is 12.8 Å². The molecule has 0 bridgehead atoms. The van der Waals surface area contributed by atoms with Crippen molar-refractivity contribution in [2.75, 3.05) is 13.1 Å².